The Bertz CT molecular complexity index is 368. The maximum Gasteiger partial charge on any atom is 0.206 e. The van der Waals surface area contributed by atoms with E-state index in [1.54, 1.807) is 18.2 Å². The van der Waals surface area contributed by atoms with E-state index in [2.05, 4.69) is 6.58 Å². The molecule has 1 aliphatic heterocycles. The van der Waals surface area contributed by atoms with Crippen molar-refractivity contribution in [3.8, 4) is 0 Å². The standard InChI is InChI=1S/C12H14O4/c1-3-8-7-16-12(14-2)10(8)11(13)9-5-4-6-15-9/h3-6,8,10,12H,1,7H2,2H3/t8-,10+,12-/m0/s1. The number of ketones is 1. The molecular formula is C12H14O4. The fourth-order valence-electron chi connectivity index (χ4n) is 1.95. The van der Waals surface area contributed by atoms with Gasteiger partial charge >= 0.3 is 0 Å². The molecule has 0 radical (unpaired) electrons. The summed E-state index contributed by atoms with van der Waals surface area (Å²) in [5.41, 5.74) is 0. The highest BCUT2D eigenvalue weighted by Gasteiger charge is 2.42. The number of carbonyl (C=O) groups is 1. The van der Waals surface area contributed by atoms with Crippen LogP contribution in [-0.4, -0.2) is 25.8 Å². The summed E-state index contributed by atoms with van der Waals surface area (Å²) in [7, 11) is 1.53. The zero-order valence-electron chi connectivity index (χ0n) is 9.09. The van der Waals surface area contributed by atoms with Crippen molar-refractivity contribution in [2.75, 3.05) is 13.7 Å². The van der Waals surface area contributed by atoms with Crippen LogP contribution in [-0.2, 0) is 9.47 Å². The third-order valence-electron chi connectivity index (χ3n) is 2.81. The number of hydrogen-bond donors (Lipinski definition) is 0. The largest absolute Gasteiger partial charge is 0.461 e. The van der Waals surface area contributed by atoms with Crippen molar-refractivity contribution >= 4 is 5.78 Å². The van der Waals surface area contributed by atoms with Gasteiger partial charge in [-0.05, 0) is 12.1 Å². The average molecular weight is 222 g/mol. The topological polar surface area (TPSA) is 48.7 Å². The van der Waals surface area contributed by atoms with E-state index in [-0.39, 0.29) is 17.6 Å². The second-order valence-corrected chi connectivity index (χ2v) is 3.70. The summed E-state index contributed by atoms with van der Waals surface area (Å²) < 4.78 is 15.6. The van der Waals surface area contributed by atoms with E-state index < -0.39 is 6.29 Å². The van der Waals surface area contributed by atoms with Crippen molar-refractivity contribution in [1.82, 2.24) is 0 Å². The highest BCUT2D eigenvalue weighted by Crippen LogP contribution is 2.31. The molecule has 1 aromatic heterocycles. The summed E-state index contributed by atoms with van der Waals surface area (Å²) in [4.78, 5) is 12.1. The van der Waals surface area contributed by atoms with Gasteiger partial charge in [-0.25, -0.2) is 0 Å². The monoisotopic (exact) mass is 222 g/mol. The van der Waals surface area contributed by atoms with Gasteiger partial charge in [-0.15, -0.1) is 6.58 Å². The Morgan fingerprint density at radius 1 is 1.69 bits per heavy atom. The van der Waals surface area contributed by atoms with Crippen LogP contribution in [0.3, 0.4) is 0 Å². The third kappa shape index (κ3) is 1.81. The maximum absolute atomic E-state index is 12.1. The van der Waals surface area contributed by atoms with Crippen molar-refractivity contribution in [3.63, 3.8) is 0 Å². The van der Waals surface area contributed by atoms with Gasteiger partial charge in [0.25, 0.3) is 0 Å². The summed E-state index contributed by atoms with van der Waals surface area (Å²) in [6.07, 6.45) is 2.69. The van der Waals surface area contributed by atoms with E-state index in [0.717, 1.165) is 0 Å². The van der Waals surface area contributed by atoms with Gasteiger partial charge in [0, 0.05) is 13.0 Å². The Labute approximate surface area is 93.8 Å². The molecule has 0 aromatic carbocycles. The second kappa shape index (κ2) is 4.63. The summed E-state index contributed by atoms with van der Waals surface area (Å²) in [5.74, 6) is -0.153. The minimum atomic E-state index is -0.513. The van der Waals surface area contributed by atoms with Crippen LogP contribution in [0.1, 0.15) is 10.6 Å². The van der Waals surface area contributed by atoms with Gasteiger partial charge in [0.2, 0.25) is 5.78 Å². The van der Waals surface area contributed by atoms with E-state index in [4.69, 9.17) is 13.9 Å². The highest BCUT2D eigenvalue weighted by atomic mass is 16.7. The van der Waals surface area contributed by atoms with Crippen molar-refractivity contribution in [1.29, 1.82) is 0 Å². The maximum atomic E-state index is 12.1. The summed E-state index contributed by atoms with van der Waals surface area (Å²) in [5, 5.41) is 0. The van der Waals surface area contributed by atoms with Crippen LogP contribution >= 0.6 is 0 Å². The molecule has 0 saturated carbocycles. The Kier molecular flexibility index (Phi) is 3.22. The van der Waals surface area contributed by atoms with Gasteiger partial charge in [-0.2, -0.15) is 0 Å². The normalized spacial score (nSPS) is 29.2. The molecule has 1 aliphatic rings. The molecule has 0 amide bonds. The number of carbonyl (C=O) groups excluding carboxylic acids is 1. The summed E-state index contributed by atoms with van der Waals surface area (Å²) >= 11 is 0. The quantitative estimate of drug-likeness (QED) is 0.576. The zero-order chi connectivity index (χ0) is 11.5. The number of rotatable bonds is 4. The van der Waals surface area contributed by atoms with Crippen molar-refractivity contribution in [2.24, 2.45) is 11.8 Å². The van der Waals surface area contributed by atoms with Crippen LogP contribution in [0.5, 0.6) is 0 Å². The molecule has 4 nitrogen and oxygen atoms in total. The molecule has 1 fully saturated rings. The van der Waals surface area contributed by atoms with Crippen LogP contribution in [0.4, 0.5) is 0 Å². The second-order valence-electron chi connectivity index (χ2n) is 3.70. The molecule has 0 unspecified atom stereocenters. The predicted octanol–water partition coefficient (Wildman–Crippen LogP) is 1.88. The molecule has 1 aromatic rings. The fourth-order valence-corrected chi connectivity index (χ4v) is 1.95. The lowest BCUT2D eigenvalue weighted by Gasteiger charge is -2.17. The lowest BCUT2D eigenvalue weighted by molar-refractivity contribution is -0.103. The Hall–Kier alpha value is -1.39. The van der Waals surface area contributed by atoms with Gasteiger partial charge in [0.05, 0.1) is 18.8 Å². The SMILES string of the molecule is C=C[C@H]1CO[C@H](OC)[C@H]1C(=O)c1ccco1. The fraction of sp³-hybridized carbons (Fsp3) is 0.417. The Balaban J connectivity index is 2.22. The number of hydrogen-bond acceptors (Lipinski definition) is 4. The van der Waals surface area contributed by atoms with Gasteiger partial charge in [-0.1, -0.05) is 6.08 Å². The van der Waals surface area contributed by atoms with E-state index in [1.807, 2.05) is 0 Å². The first-order valence-electron chi connectivity index (χ1n) is 5.12. The molecule has 4 heteroatoms. The minimum Gasteiger partial charge on any atom is -0.461 e. The number of ether oxygens (including phenoxy) is 2. The molecule has 0 spiro atoms. The Morgan fingerprint density at radius 2 is 2.50 bits per heavy atom. The average Bonchev–Trinajstić information content (AvgIpc) is 2.96. The first-order valence-corrected chi connectivity index (χ1v) is 5.12. The zero-order valence-corrected chi connectivity index (χ0v) is 9.09. The Morgan fingerprint density at radius 3 is 3.06 bits per heavy atom. The molecule has 1 saturated heterocycles. The van der Waals surface area contributed by atoms with Crippen LogP contribution in [0.2, 0.25) is 0 Å². The number of methoxy groups -OCH3 is 1. The smallest absolute Gasteiger partial charge is 0.206 e. The predicted molar refractivity (Wildman–Crippen MR) is 57.0 cm³/mol. The molecule has 0 bridgehead atoms. The number of furan rings is 1. The third-order valence-corrected chi connectivity index (χ3v) is 2.81. The highest BCUT2D eigenvalue weighted by molar-refractivity contribution is 5.96. The van der Waals surface area contributed by atoms with Crippen LogP contribution in [0, 0.1) is 11.8 Å². The minimum absolute atomic E-state index is 0.0254. The van der Waals surface area contributed by atoms with Crippen molar-refractivity contribution < 1.29 is 18.7 Å². The van der Waals surface area contributed by atoms with E-state index in [1.165, 1.54) is 13.4 Å². The molecule has 86 valence electrons. The van der Waals surface area contributed by atoms with Crippen molar-refractivity contribution in [2.45, 2.75) is 6.29 Å². The first kappa shape index (κ1) is 11.1. The van der Waals surface area contributed by atoms with E-state index in [9.17, 15) is 4.79 Å². The molecule has 0 aliphatic carbocycles. The summed E-state index contributed by atoms with van der Waals surface area (Å²) in [6.45, 7) is 4.16. The molecule has 16 heavy (non-hydrogen) atoms. The molecular weight excluding hydrogens is 208 g/mol. The van der Waals surface area contributed by atoms with Gasteiger partial charge < -0.3 is 13.9 Å². The van der Waals surface area contributed by atoms with Crippen LogP contribution < -0.4 is 0 Å². The molecule has 2 heterocycles. The first-order chi connectivity index (χ1) is 7.77. The summed E-state index contributed by atoms with van der Waals surface area (Å²) in [6, 6.07) is 3.33. The van der Waals surface area contributed by atoms with E-state index >= 15 is 0 Å². The number of Topliss-reactive ketones (excluding diaryl/α,β-unsaturated/α-hetero) is 1. The molecule has 0 N–H and O–H groups in total. The van der Waals surface area contributed by atoms with Gasteiger partial charge in [-0.3, -0.25) is 4.79 Å². The van der Waals surface area contributed by atoms with Crippen LogP contribution in [0.25, 0.3) is 0 Å². The van der Waals surface area contributed by atoms with Gasteiger partial charge in [0.1, 0.15) is 0 Å². The van der Waals surface area contributed by atoms with Gasteiger partial charge in [0.15, 0.2) is 12.1 Å². The lowest BCUT2D eigenvalue weighted by Crippen LogP contribution is -2.29. The lowest BCUT2D eigenvalue weighted by atomic mass is 9.89. The molecule has 3 atom stereocenters. The van der Waals surface area contributed by atoms with Crippen molar-refractivity contribution in [3.05, 3.63) is 36.8 Å². The van der Waals surface area contributed by atoms with E-state index in [0.29, 0.717) is 12.4 Å². The molecule has 2 rings (SSSR count). The van der Waals surface area contributed by atoms with Crippen LogP contribution in [0.15, 0.2) is 35.5 Å².